The molecule has 0 aromatic heterocycles. The molecule has 0 aliphatic heterocycles. The Bertz CT molecular complexity index is 588. The van der Waals surface area contributed by atoms with Crippen molar-refractivity contribution < 1.29 is 23.1 Å². The zero-order valence-electron chi connectivity index (χ0n) is 9.03. The highest BCUT2D eigenvalue weighted by Crippen LogP contribution is 2.36. The predicted molar refractivity (Wildman–Crippen MR) is 56.7 cm³/mol. The minimum atomic E-state index is -4.67. The molecule has 0 aliphatic rings. The summed E-state index contributed by atoms with van der Waals surface area (Å²) in [5, 5.41) is 12.8. The minimum Gasteiger partial charge on any atom is -0.543 e. The van der Waals surface area contributed by atoms with Crippen molar-refractivity contribution in [2.24, 2.45) is 5.11 Å². The number of aliphatic carboxylic acids is 1. The molecule has 1 N–H and O–H groups in total. The van der Waals surface area contributed by atoms with Gasteiger partial charge in [-0.1, -0.05) is 23.7 Å². The number of hydrogen-bond donors (Lipinski definition) is 1. The van der Waals surface area contributed by atoms with E-state index < -0.39 is 28.4 Å². The van der Waals surface area contributed by atoms with Gasteiger partial charge in [0, 0.05) is 0 Å². The van der Waals surface area contributed by atoms with Crippen LogP contribution < -0.4 is 10.0 Å². The molecule has 1 aromatic rings. The van der Waals surface area contributed by atoms with Crippen LogP contribution in [0.25, 0.3) is 6.08 Å². The van der Waals surface area contributed by atoms with Crippen LogP contribution in [0.4, 0.5) is 13.2 Å². The first-order chi connectivity index (χ1) is 8.77. The Hall–Kier alpha value is -2.18. The number of hydrogen-bond acceptors (Lipinski definition) is 4. The van der Waals surface area contributed by atoms with Crippen molar-refractivity contribution in [3.05, 3.63) is 40.0 Å². The molecule has 0 bridgehead atoms. The molecule has 0 aliphatic carbocycles. The number of carboxylic acid groups (broad SMARTS) is 1. The second-order valence-corrected chi connectivity index (χ2v) is 3.60. The smallest absolute Gasteiger partial charge is 0.417 e. The molecule has 0 unspecified atom stereocenters. The van der Waals surface area contributed by atoms with Gasteiger partial charge in [0.25, 0.3) is 0 Å². The van der Waals surface area contributed by atoms with Crippen molar-refractivity contribution >= 4 is 23.6 Å². The lowest BCUT2D eigenvalue weighted by molar-refractivity contribution is -0.299. The van der Waals surface area contributed by atoms with E-state index in [1.54, 1.807) is 0 Å². The third kappa shape index (κ3) is 3.64. The van der Waals surface area contributed by atoms with Crippen LogP contribution in [0.5, 0.6) is 0 Å². The van der Waals surface area contributed by atoms with Gasteiger partial charge in [0.15, 0.2) is 10.8 Å². The number of benzene rings is 1. The van der Waals surface area contributed by atoms with Gasteiger partial charge in [0.2, 0.25) is 4.91 Å². The van der Waals surface area contributed by atoms with Crippen LogP contribution >= 0.6 is 11.6 Å². The third-order valence-electron chi connectivity index (χ3n) is 1.99. The number of carbonyl (C=O) groups excluding carboxylic acids is 1. The Kier molecular flexibility index (Phi) is 4.42. The summed E-state index contributed by atoms with van der Waals surface area (Å²) in [6, 6.07) is 2.98. The maximum absolute atomic E-state index is 12.6. The molecular weight excluding hydrogens is 287 g/mol. The van der Waals surface area contributed by atoms with Crippen LogP contribution in [0, 0.1) is 5.53 Å². The molecular formula is C10H5ClF3N3O2. The maximum atomic E-state index is 12.6. The average molecular weight is 292 g/mol. The second-order valence-electron chi connectivity index (χ2n) is 3.22. The number of carbonyl (C=O) groups is 1. The van der Waals surface area contributed by atoms with E-state index in [4.69, 9.17) is 17.1 Å². The number of nitrogens with zero attached hydrogens (tertiary/aromatic N) is 2. The maximum Gasteiger partial charge on any atom is 0.417 e. The van der Waals surface area contributed by atoms with Crippen LogP contribution in [0.3, 0.4) is 0 Å². The van der Waals surface area contributed by atoms with Gasteiger partial charge in [-0.15, -0.1) is 0 Å². The van der Waals surface area contributed by atoms with Gasteiger partial charge in [0.1, 0.15) is 5.53 Å². The number of halogens is 4. The summed E-state index contributed by atoms with van der Waals surface area (Å²) in [6.45, 7) is 0. The highest BCUT2D eigenvalue weighted by Gasteiger charge is 2.33. The van der Waals surface area contributed by atoms with E-state index in [0.29, 0.717) is 0 Å². The summed E-state index contributed by atoms with van der Waals surface area (Å²) >= 11 is 5.55. The quantitative estimate of drug-likeness (QED) is 0.524. The summed E-state index contributed by atoms with van der Waals surface area (Å²) in [5.74, 6) is -1.79. The first-order valence-electron chi connectivity index (χ1n) is 4.63. The molecule has 5 nitrogen and oxygen atoms in total. The normalized spacial score (nSPS) is 11.9. The van der Waals surface area contributed by atoms with Crippen LogP contribution in [0.1, 0.15) is 11.1 Å². The first-order valence-corrected chi connectivity index (χ1v) is 5.01. The summed E-state index contributed by atoms with van der Waals surface area (Å²) in [7, 11) is 0. The van der Waals surface area contributed by atoms with Crippen LogP contribution in [-0.4, -0.2) is 5.97 Å². The van der Waals surface area contributed by atoms with Crippen molar-refractivity contribution in [2.75, 3.05) is 0 Å². The lowest BCUT2D eigenvalue weighted by Crippen LogP contribution is -2.23. The molecule has 0 saturated carbocycles. The monoisotopic (exact) mass is 291 g/mol. The van der Waals surface area contributed by atoms with Crippen molar-refractivity contribution in [1.82, 2.24) is 4.91 Å². The summed E-state index contributed by atoms with van der Waals surface area (Å²) in [6.07, 6.45) is -3.93. The molecule has 1 aromatic carbocycles. The van der Waals surface area contributed by atoms with Gasteiger partial charge in [0.05, 0.1) is 16.6 Å². The topological polar surface area (TPSA) is 90.4 Å². The zero-order valence-corrected chi connectivity index (χ0v) is 9.79. The highest BCUT2D eigenvalue weighted by molar-refractivity contribution is 6.33. The SMILES string of the molecule is N=[N+]=N/C(=C\c1cccc(C(F)(F)F)c1Cl)C(=O)[O-]. The van der Waals surface area contributed by atoms with E-state index in [9.17, 15) is 23.1 Å². The highest BCUT2D eigenvalue weighted by atomic mass is 35.5. The van der Waals surface area contributed by atoms with E-state index in [1.807, 2.05) is 0 Å². The van der Waals surface area contributed by atoms with Gasteiger partial charge in [-0.3, -0.25) is 0 Å². The zero-order chi connectivity index (χ0) is 14.6. The van der Waals surface area contributed by atoms with E-state index in [-0.39, 0.29) is 5.56 Å². The number of rotatable bonds is 3. The first kappa shape index (κ1) is 14.9. The Morgan fingerprint density at radius 3 is 2.58 bits per heavy atom. The summed E-state index contributed by atoms with van der Waals surface area (Å²) in [5.41, 5.74) is 4.26. The molecule has 0 saturated heterocycles. The average Bonchev–Trinajstić information content (AvgIpc) is 2.29. The second kappa shape index (κ2) is 5.64. The van der Waals surface area contributed by atoms with Crippen molar-refractivity contribution in [1.29, 1.82) is 5.53 Å². The third-order valence-corrected chi connectivity index (χ3v) is 2.41. The molecule has 1 rings (SSSR count). The Morgan fingerprint density at radius 1 is 1.47 bits per heavy atom. The number of nitrogens with one attached hydrogen (secondary N) is 1. The lowest BCUT2D eigenvalue weighted by Gasteiger charge is -2.10. The van der Waals surface area contributed by atoms with Crippen molar-refractivity contribution in [3.8, 4) is 0 Å². The molecule has 0 amide bonds. The number of carboxylic acids is 1. The molecule has 100 valence electrons. The molecule has 19 heavy (non-hydrogen) atoms. The van der Waals surface area contributed by atoms with Crippen LogP contribution in [-0.2, 0) is 11.0 Å². The molecule has 0 fully saturated rings. The van der Waals surface area contributed by atoms with Gasteiger partial charge in [-0.05, 0) is 17.7 Å². The van der Waals surface area contributed by atoms with Crippen molar-refractivity contribution in [3.63, 3.8) is 0 Å². The van der Waals surface area contributed by atoms with Gasteiger partial charge in [-0.2, -0.15) is 13.2 Å². The van der Waals surface area contributed by atoms with E-state index in [1.165, 1.54) is 6.07 Å². The van der Waals surface area contributed by atoms with Crippen LogP contribution in [0.2, 0.25) is 5.02 Å². The predicted octanol–water partition coefficient (Wildman–Crippen LogP) is 2.00. The number of alkyl halides is 3. The lowest BCUT2D eigenvalue weighted by atomic mass is 10.1. The summed E-state index contributed by atoms with van der Waals surface area (Å²) in [4.78, 5) is 13.1. The van der Waals surface area contributed by atoms with Crippen molar-refractivity contribution in [2.45, 2.75) is 6.18 Å². The fraction of sp³-hybridized carbons (Fsp3) is 0.100. The van der Waals surface area contributed by atoms with Gasteiger partial charge >= 0.3 is 6.18 Å². The fourth-order valence-electron chi connectivity index (χ4n) is 1.21. The summed E-state index contributed by atoms with van der Waals surface area (Å²) < 4.78 is 37.7. The Morgan fingerprint density at radius 2 is 2.11 bits per heavy atom. The fourth-order valence-corrected chi connectivity index (χ4v) is 1.50. The minimum absolute atomic E-state index is 0.219. The molecule has 9 heteroatoms. The largest absolute Gasteiger partial charge is 0.543 e. The Labute approximate surface area is 109 Å². The molecule has 0 spiro atoms. The van der Waals surface area contributed by atoms with E-state index >= 15 is 0 Å². The molecule has 0 heterocycles. The standard InChI is InChI=1S/C10H5ClF3N3O2/c11-8-5(4-7(9(18)19)16-17-15)2-1-3-6(8)10(12,13)14/h1-4,15H/b7-4-. The molecule has 0 atom stereocenters. The van der Waals surface area contributed by atoms with Crippen LogP contribution in [0.15, 0.2) is 29.0 Å². The van der Waals surface area contributed by atoms with E-state index in [2.05, 4.69) is 10.0 Å². The molecule has 0 radical (unpaired) electrons. The Balaban J connectivity index is 3.41. The van der Waals surface area contributed by atoms with E-state index in [0.717, 1.165) is 18.2 Å². The van der Waals surface area contributed by atoms with Gasteiger partial charge < -0.3 is 9.90 Å². The van der Waals surface area contributed by atoms with Gasteiger partial charge in [-0.25, -0.2) is 0 Å².